The van der Waals surface area contributed by atoms with Crippen LogP contribution in [0.15, 0.2) is 0 Å². The van der Waals surface area contributed by atoms with Gasteiger partial charge in [-0.05, 0) is 18.8 Å². The lowest BCUT2D eigenvalue weighted by Crippen LogP contribution is -2.02. The standard InChI is InChI=1S/C12H22N2O/c1-6-9(4)11-12(15)10(7-8(2)3)14(5)13-11/h8-9,15H,6-7H2,1-5H3. The van der Waals surface area contributed by atoms with Crippen molar-refractivity contribution in [1.82, 2.24) is 9.78 Å². The molecule has 0 radical (unpaired) electrons. The van der Waals surface area contributed by atoms with Crippen LogP contribution in [0.2, 0.25) is 0 Å². The molecule has 15 heavy (non-hydrogen) atoms. The van der Waals surface area contributed by atoms with Gasteiger partial charge in [0.1, 0.15) is 5.69 Å². The zero-order valence-corrected chi connectivity index (χ0v) is 10.4. The lowest BCUT2D eigenvalue weighted by Gasteiger charge is -2.06. The van der Waals surface area contributed by atoms with Crippen molar-refractivity contribution in [3.8, 4) is 5.75 Å². The van der Waals surface area contributed by atoms with E-state index >= 15 is 0 Å². The van der Waals surface area contributed by atoms with E-state index in [-0.39, 0.29) is 0 Å². The van der Waals surface area contributed by atoms with Gasteiger partial charge < -0.3 is 5.11 Å². The van der Waals surface area contributed by atoms with Gasteiger partial charge in [0.15, 0.2) is 5.75 Å². The molecular formula is C12H22N2O. The van der Waals surface area contributed by atoms with Crippen molar-refractivity contribution in [1.29, 1.82) is 0 Å². The molecule has 0 aliphatic heterocycles. The Morgan fingerprint density at radius 3 is 2.40 bits per heavy atom. The lowest BCUT2D eigenvalue weighted by molar-refractivity contribution is 0.448. The van der Waals surface area contributed by atoms with Crippen LogP contribution in [0.3, 0.4) is 0 Å². The Labute approximate surface area is 92.1 Å². The first-order valence-corrected chi connectivity index (χ1v) is 5.72. The first-order valence-electron chi connectivity index (χ1n) is 5.72. The SMILES string of the molecule is CCC(C)c1nn(C)c(CC(C)C)c1O. The molecule has 1 heterocycles. The minimum Gasteiger partial charge on any atom is -0.504 e. The zero-order valence-electron chi connectivity index (χ0n) is 10.4. The number of hydrogen-bond acceptors (Lipinski definition) is 2. The zero-order chi connectivity index (χ0) is 11.6. The molecule has 0 amide bonds. The maximum Gasteiger partial charge on any atom is 0.160 e. The fourth-order valence-electron chi connectivity index (χ4n) is 1.71. The normalized spacial score (nSPS) is 13.5. The molecule has 3 nitrogen and oxygen atoms in total. The van der Waals surface area contributed by atoms with Crippen molar-refractivity contribution in [2.24, 2.45) is 13.0 Å². The largest absolute Gasteiger partial charge is 0.504 e. The predicted molar refractivity (Wildman–Crippen MR) is 62.1 cm³/mol. The van der Waals surface area contributed by atoms with E-state index in [9.17, 15) is 5.11 Å². The summed E-state index contributed by atoms with van der Waals surface area (Å²) in [5.74, 6) is 1.27. The molecule has 1 aromatic heterocycles. The summed E-state index contributed by atoms with van der Waals surface area (Å²) in [5.41, 5.74) is 1.80. The van der Waals surface area contributed by atoms with Crippen molar-refractivity contribution in [3.63, 3.8) is 0 Å². The Bertz CT molecular complexity index is 329. The maximum atomic E-state index is 10.1. The minimum absolute atomic E-state index is 0.331. The molecule has 3 heteroatoms. The van der Waals surface area contributed by atoms with Gasteiger partial charge in [-0.3, -0.25) is 4.68 Å². The molecule has 1 unspecified atom stereocenters. The first kappa shape index (κ1) is 12.1. The Morgan fingerprint density at radius 1 is 1.33 bits per heavy atom. The van der Waals surface area contributed by atoms with E-state index in [0.717, 1.165) is 24.2 Å². The second-order valence-corrected chi connectivity index (χ2v) is 4.71. The van der Waals surface area contributed by atoms with Crippen LogP contribution in [0, 0.1) is 5.92 Å². The van der Waals surface area contributed by atoms with Crippen molar-refractivity contribution in [2.45, 2.75) is 46.5 Å². The topological polar surface area (TPSA) is 38.0 Å². The first-order chi connectivity index (χ1) is 6.97. The summed E-state index contributed by atoms with van der Waals surface area (Å²) in [6, 6.07) is 0. The molecule has 0 aliphatic carbocycles. The molecule has 0 spiro atoms. The summed E-state index contributed by atoms with van der Waals surface area (Å²) in [6.07, 6.45) is 1.89. The summed E-state index contributed by atoms with van der Waals surface area (Å²) in [6.45, 7) is 8.51. The number of rotatable bonds is 4. The van der Waals surface area contributed by atoms with E-state index in [2.05, 4.69) is 32.8 Å². The second-order valence-electron chi connectivity index (χ2n) is 4.71. The number of hydrogen-bond donors (Lipinski definition) is 1. The highest BCUT2D eigenvalue weighted by atomic mass is 16.3. The molecule has 0 saturated heterocycles. The molecule has 86 valence electrons. The fraction of sp³-hybridized carbons (Fsp3) is 0.750. The fourth-order valence-corrected chi connectivity index (χ4v) is 1.71. The van der Waals surface area contributed by atoms with Gasteiger partial charge in [0.25, 0.3) is 0 Å². The summed E-state index contributed by atoms with van der Waals surface area (Å²) in [7, 11) is 1.91. The highest BCUT2D eigenvalue weighted by molar-refractivity contribution is 5.34. The molecular weight excluding hydrogens is 188 g/mol. The van der Waals surface area contributed by atoms with E-state index in [1.54, 1.807) is 0 Å². The Hall–Kier alpha value is -0.990. The van der Waals surface area contributed by atoms with Crippen LogP contribution in [-0.2, 0) is 13.5 Å². The van der Waals surface area contributed by atoms with E-state index in [1.807, 2.05) is 11.7 Å². The van der Waals surface area contributed by atoms with Gasteiger partial charge in [0.05, 0.1) is 5.69 Å². The van der Waals surface area contributed by atoms with E-state index in [1.165, 1.54) is 0 Å². The van der Waals surface area contributed by atoms with E-state index in [4.69, 9.17) is 0 Å². The molecule has 0 aromatic carbocycles. The highest BCUT2D eigenvalue weighted by Gasteiger charge is 2.19. The molecule has 0 fully saturated rings. The third-order valence-electron chi connectivity index (χ3n) is 2.85. The summed E-state index contributed by atoms with van der Waals surface area (Å²) in [5, 5.41) is 14.5. The van der Waals surface area contributed by atoms with Gasteiger partial charge in [0, 0.05) is 13.0 Å². The molecule has 1 atom stereocenters. The van der Waals surface area contributed by atoms with Crippen LogP contribution in [-0.4, -0.2) is 14.9 Å². The number of aromatic hydroxyl groups is 1. The van der Waals surface area contributed by atoms with Gasteiger partial charge in [-0.2, -0.15) is 5.10 Å². The minimum atomic E-state index is 0.331. The second kappa shape index (κ2) is 4.69. The average Bonchev–Trinajstić information content (AvgIpc) is 2.44. The van der Waals surface area contributed by atoms with Gasteiger partial charge in [-0.25, -0.2) is 0 Å². The highest BCUT2D eigenvalue weighted by Crippen LogP contribution is 2.31. The lowest BCUT2D eigenvalue weighted by atomic mass is 10.0. The third-order valence-corrected chi connectivity index (χ3v) is 2.85. The number of aromatic nitrogens is 2. The number of aryl methyl sites for hydroxylation is 1. The van der Waals surface area contributed by atoms with Gasteiger partial charge >= 0.3 is 0 Å². The quantitative estimate of drug-likeness (QED) is 0.829. The number of nitrogens with zero attached hydrogens (tertiary/aromatic N) is 2. The molecule has 1 aromatic rings. The van der Waals surface area contributed by atoms with Crippen LogP contribution in [0.1, 0.15) is 51.4 Å². The van der Waals surface area contributed by atoms with Gasteiger partial charge in [-0.1, -0.05) is 27.7 Å². The molecule has 0 aliphatic rings. The summed E-state index contributed by atoms with van der Waals surface area (Å²) in [4.78, 5) is 0. The Balaban J connectivity index is 3.03. The van der Waals surface area contributed by atoms with Crippen LogP contribution >= 0.6 is 0 Å². The molecule has 1 N–H and O–H groups in total. The van der Waals surface area contributed by atoms with Crippen molar-refractivity contribution >= 4 is 0 Å². The third kappa shape index (κ3) is 2.52. The molecule has 0 bridgehead atoms. The molecule has 1 rings (SSSR count). The van der Waals surface area contributed by atoms with Gasteiger partial charge in [-0.15, -0.1) is 0 Å². The van der Waals surface area contributed by atoms with Crippen molar-refractivity contribution in [2.75, 3.05) is 0 Å². The Morgan fingerprint density at radius 2 is 1.93 bits per heavy atom. The predicted octanol–water partition coefficient (Wildman–Crippen LogP) is 2.84. The van der Waals surface area contributed by atoms with Crippen molar-refractivity contribution in [3.05, 3.63) is 11.4 Å². The van der Waals surface area contributed by atoms with Crippen LogP contribution < -0.4 is 0 Å². The average molecular weight is 210 g/mol. The van der Waals surface area contributed by atoms with Gasteiger partial charge in [0.2, 0.25) is 0 Å². The van der Waals surface area contributed by atoms with Crippen LogP contribution in [0.5, 0.6) is 5.75 Å². The monoisotopic (exact) mass is 210 g/mol. The smallest absolute Gasteiger partial charge is 0.160 e. The summed E-state index contributed by atoms with van der Waals surface area (Å²) < 4.78 is 1.82. The Kier molecular flexibility index (Phi) is 3.77. The van der Waals surface area contributed by atoms with E-state index in [0.29, 0.717) is 17.6 Å². The van der Waals surface area contributed by atoms with Crippen molar-refractivity contribution < 1.29 is 5.11 Å². The summed E-state index contributed by atoms with van der Waals surface area (Å²) >= 11 is 0. The van der Waals surface area contributed by atoms with Crippen LogP contribution in [0.4, 0.5) is 0 Å². The maximum absolute atomic E-state index is 10.1. The molecule has 0 saturated carbocycles. The van der Waals surface area contributed by atoms with Crippen LogP contribution in [0.25, 0.3) is 0 Å². The van der Waals surface area contributed by atoms with E-state index < -0.39 is 0 Å².